The summed E-state index contributed by atoms with van der Waals surface area (Å²) < 4.78 is 0. The predicted octanol–water partition coefficient (Wildman–Crippen LogP) is 3.47. The molecule has 0 aliphatic rings. The number of hydrogen-bond acceptors (Lipinski definition) is 4. The van der Waals surface area contributed by atoms with Crippen LogP contribution in [0.15, 0.2) is 30.3 Å². The van der Waals surface area contributed by atoms with E-state index in [9.17, 15) is 0 Å². The van der Waals surface area contributed by atoms with E-state index in [1.54, 1.807) is 19.1 Å². The molecule has 0 amide bonds. The lowest BCUT2D eigenvalue weighted by Gasteiger charge is -2.01. The number of rotatable bonds is 0. The smallest absolute Gasteiger partial charge is 0.137 e. The maximum atomic E-state index is 9.12. The first-order valence-electron chi connectivity index (χ1n) is 5.48. The van der Waals surface area contributed by atoms with Gasteiger partial charge in [0.2, 0.25) is 0 Å². The summed E-state index contributed by atoms with van der Waals surface area (Å²) in [6.07, 6.45) is 0. The molecule has 0 fully saturated rings. The molecule has 0 aliphatic heterocycles. The highest BCUT2D eigenvalue weighted by Crippen LogP contribution is 2.31. The van der Waals surface area contributed by atoms with Crippen LogP contribution in [-0.2, 0) is 0 Å². The first kappa shape index (κ1) is 15.0. The molecular formula is C14H15ClO4. The van der Waals surface area contributed by atoms with Gasteiger partial charge in [-0.05, 0) is 43.7 Å². The van der Waals surface area contributed by atoms with Gasteiger partial charge in [-0.15, -0.1) is 0 Å². The van der Waals surface area contributed by atoms with Gasteiger partial charge in [0.1, 0.15) is 28.0 Å². The zero-order chi connectivity index (χ0) is 14.6. The van der Waals surface area contributed by atoms with Crippen LogP contribution in [0.1, 0.15) is 11.1 Å². The molecule has 0 aliphatic carbocycles. The van der Waals surface area contributed by atoms with Crippen molar-refractivity contribution < 1.29 is 20.4 Å². The molecule has 0 atom stereocenters. The minimum absolute atomic E-state index is 0.00231. The van der Waals surface area contributed by atoms with Crippen LogP contribution in [0.5, 0.6) is 23.0 Å². The van der Waals surface area contributed by atoms with E-state index >= 15 is 0 Å². The highest BCUT2D eigenvalue weighted by atomic mass is 35.5. The van der Waals surface area contributed by atoms with E-state index in [0.717, 1.165) is 5.56 Å². The first-order valence-corrected chi connectivity index (χ1v) is 5.86. The standard InChI is InChI=1S/C8H10O2.C6H5ClO2/c1-5-3-7(9)6(2)8(10)4-5;7-6-4(8)2-1-3-5(6)9/h3-4,9-10H,1-2H3;1-3,8-9H. The van der Waals surface area contributed by atoms with Crippen molar-refractivity contribution in [3.63, 3.8) is 0 Å². The molecule has 0 saturated carbocycles. The Hall–Kier alpha value is -2.07. The topological polar surface area (TPSA) is 80.9 Å². The number of halogens is 1. The fraction of sp³-hybridized carbons (Fsp3) is 0.143. The number of phenolic OH excluding ortho intramolecular Hbond substituents is 4. The van der Waals surface area contributed by atoms with Crippen molar-refractivity contribution in [2.24, 2.45) is 0 Å². The van der Waals surface area contributed by atoms with E-state index in [1.807, 2.05) is 6.92 Å². The monoisotopic (exact) mass is 282 g/mol. The zero-order valence-corrected chi connectivity index (χ0v) is 11.3. The summed E-state index contributed by atoms with van der Waals surface area (Å²) in [6.45, 7) is 3.49. The average Bonchev–Trinajstić information content (AvgIpc) is 2.33. The Balaban J connectivity index is 0.000000191. The Morgan fingerprint density at radius 1 is 0.789 bits per heavy atom. The fourth-order valence-corrected chi connectivity index (χ4v) is 1.45. The Morgan fingerprint density at radius 3 is 1.58 bits per heavy atom. The van der Waals surface area contributed by atoms with Gasteiger partial charge in [0.25, 0.3) is 0 Å². The lowest BCUT2D eigenvalue weighted by atomic mass is 10.1. The minimum atomic E-state index is -0.100. The van der Waals surface area contributed by atoms with Crippen molar-refractivity contribution in [1.29, 1.82) is 0 Å². The van der Waals surface area contributed by atoms with E-state index in [1.165, 1.54) is 18.2 Å². The van der Waals surface area contributed by atoms with Gasteiger partial charge in [0.05, 0.1) is 0 Å². The Morgan fingerprint density at radius 2 is 1.21 bits per heavy atom. The molecule has 0 saturated heterocycles. The van der Waals surface area contributed by atoms with Crippen LogP contribution < -0.4 is 0 Å². The quantitative estimate of drug-likeness (QED) is 0.596. The molecule has 5 heteroatoms. The lowest BCUT2D eigenvalue weighted by molar-refractivity contribution is 0.442. The molecule has 2 rings (SSSR count). The molecule has 0 bridgehead atoms. The second-order valence-corrected chi connectivity index (χ2v) is 4.42. The number of benzene rings is 2. The average molecular weight is 283 g/mol. The largest absolute Gasteiger partial charge is 0.508 e. The van der Waals surface area contributed by atoms with Gasteiger partial charge in [-0.25, -0.2) is 0 Å². The van der Waals surface area contributed by atoms with Crippen molar-refractivity contribution in [3.8, 4) is 23.0 Å². The van der Waals surface area contributed by atoms with Gasteiger partial charge in [-0.1, -0.05) is 17.7 Å². The third-order valence-corrected chi connectivity index (χ3v) is 2.84. The number of phenols is 4. The maximum absolute atomic E-state index is 9.12. The molecule has 0 aromatic heterocycles. The molecule has 2 aromatic rings. The summed E-state index contributed by atoms with van der Waals surface area (Å²) >= 11 is 5.38. The van der Waals surface area contributed by atoms with Crippen molar-refractivity contribution in [2.75, 3.05) is 0 Å². The van der Waals surface area contributed by atoms with Gasteiger partial charge in [-0.2, -0.15) is 0 Å². The molecule has 102 valence electrons. The minimum Gasteiger partial charge on any atom is -0.508 e. The molecule has 4 N–H and O–H groups in total. The third-order valence-electron chi connectivity index (χ3n) is 2.46. The maximum Gasteiger partial charge on any atom is 0.137 e. The SMILES string of the molecule is Cc1cc(O)c(C)c(O)c1.Oc1cccc(O)c1Cl. The van der Waals surface area contributed by atoms with Crippen LogP contribution in [0.4, 0.5) is 0 Å². The van der Waals surface area contributed by atoms with Crippen molar-refractivity contribution >= 4 is 11.6 Å². The second kappa shape index (κ2) is 6.20. The fourth-order valence-electron chi connectivity index (χ4n) is 1.33. The highest BCUT2D eigenvalue weighted by molar-refractivity contribution is 6.33. The zero-order valence-electron chi connectivity index (χ0n) is 10.6. The molecule has 0 heterocycles. The molecule has 0 unspecified atom stereocenters. The normalized spacial score (nSPS) is 9.63. The molecule has 0 radical (unpaired) electrons. The van der Waals surface area contributed by atoms with Crippen LogP contribution >= 0.6 is 11.6 Å². The Bertz CT molecular complexity index is 538. The number of aryl methyl sites for hydroxylation is 1. The van der Waals surface area contributed by atoms with Gasteiger partial charge >= 0.3 is 0 Å². The van der Waals surface area contributed by atoms with Gasteiger partial charge in [0.15, 0.2) is 0 Å². The predicted molar refractivity (Wildman–Crippen MR) is 74.0 cm³/mol. The highest BCUT2D eigenvalue weighted by Gasteiger charge is 2.01. The summed E-state index contributed by atoms with van der Waals surface area (Å²) in [5, 5.41) is 35.9. The van der Waals surface area contributed by atoms with Crippen LogP contribution in [0, 0.1) is 13.8 Å². The second-order valence-electron chi connectivity index (χ2n) is 4.04. The molecule has 19 heavy (non-hydrogen) atoms. The number of aromatic hydroxyl groups is 4. The van der Waals surface area contributed by atoms with E-state index in [2.05, 4.69) is 0 Å². The summed E-state index contributed by atoms with van der Waals surface area (Å²) in [5.41, 5.74) is 1.39. The van der Waals surface area contributed by atoms with E-state index in [4.69, 9.17) is 32.0 Å². The van der Waals surface area contributed by atoms with E-state index in [-0.39, 0.29) is 28.0 Å². The van der Waals surface area contributed by atoms with Crippen molar-refractivity contribution in [2.45, 2.75) is 13.8 Å². The van der Waals surface area contributed by atoms with Crippen LogP contribution in [0.2, 0.25) is 5.02 Å². The molecule has 4 nitrogen and oxygen atoms in total. The van der Waals surface area contributed by atoms with Crippen LogP contribution in [0.25, 0.3) is 0 Å². The summed E-state index contributed by atoms with van der Waals surface area (Å²) in [6, 6.07) is 7.56. The first-order chi connectivity index (χ1) is 8.82. The molecule has 2 aromatic carbocycles. The summed E-state index contributed by atoms with van der Waals surface area (Å²) in [4.78, 5) is 0. The Labute approximate surface area is 116 Å². The molecular weight excluding hydrogens is 268 g/mol. The van der Waals surface area contributed by atoms with Crippen molar-refractivity contribution in [3.05, 3.63) is 46.5 Å². The van der Waals surface area contributed by atoms with Gasteiger partial charge < -0.3 is 20.4 Å². The summed E-state index contributed by atoms with van der Waals surface area (Å²) in [5.74, 6) is 0.100. The summed E-state index contributed by atoms with van der Waals surface area (Å²) in [7, 11) is 0. The Kier molecular flexibility index (Phi) is 4.89. The van der Waals surface area contributed by atoms with Gasteiger partial charge in [0, 0.05) is 5.56 Å². The molecule has 0 spiro atoms. The number of hydrogen-bond donors (Lipinski definition) is 4. The van der Waals surface area contributed by atoms with Crippen LogP contribution in [-0.4, -0.2) is 20.4 Å². The lowest BCUT2D eigenvalue weighted by Crippen LogP contribution is -1.78. The van der Waals surface area contributed by atoms with Crippen LogP contribution in [0.3, 0.4) is 0 Å². The van der Waals surface area contributed by atoms with Crippen molar-refractivity contribution in [1.82, 2.24) is 0 Å². The third kappa shape index (κ3) is 3.96. The van der Waals surface area contributed by atoms with E-state index in [0.29, 0.717) is 5.56 Å². The van der Waals surface area contributed by atoms with Gasteiger partial charge in [-0.3, -0.25) is 0 Å². The van der Waals surface area contributed by atoms with E-state index < -0.39 is 0 Å².